The Morgan fingerprint density at radius 3 is 2.73 bits per heavy atom. The van der Waals surface area contributed by atoms with E-state index in [4.69, 9.17) is 10.6 Å². The van der Waals surface area contributed by atoms with Crippen LogP contribution in [0.1, 0.15) is 52.1 Å². The molecule has 174 valence electrons. The molecular weight excluding hydrogens is 477 g/mol. The summed E-state index contributed by atoms with van der Waals surface area (Å²) in [6, 6.07) is -1.92. The first-order valence-electron chi connectivity index (χ1n) is 10.6. The Morgan fingerprint density at radius 2 is 2.12 bits per heavy atom. The van der Waals surface area contributed by atoms with E-state index < -0.39 is 40.0 Å². The summed E-state index contributed by atoms with van der Waals surface area (Å²) in [6.07, 6.45) is 3.80. The third kappa shape index (κ3) is 5.19. The van der Waals surface area contributed by atoms with Crippen LogP contribution in [0.5, 0.6) is 0 Å². The molecule has 3 aliphatic rings. The van der Waals surface area contributed by atoms with Crippen LogP contribution >= 0.6 is 23.1 Å². The molecule has 0 bridgehead atoms. The largest absolute Gasteiger partial charge is 1.00 e. The van der Waals surface area contributed by atoms with Gasteiger partial charge in [-0.1, -0.05) is 18.5 Å². The topological polar surface area (TPSA) is 150 Å². The number of nitrogens with zero attached hydrogens (tertiary/aromatic N) is 3. The Bertz CT molecular complexity index is 970. The molecule has 4 rings (SSSR count). The zero-order valence-electron chi connectivity index (χ0n) is 19.1. The second-order valence-corrected chi connectivity index (χ2v) is 11.7. The number of nitrogens with one attached hydrogen (secondary N) is 1. The molecule has 1 aliphatic carbocycles. The number of aliphatic carboxylic acids is 1. The monoisotopic (exact) mass is 503 g/mol. The molecule has 0 unspecified atom stereocenters. The van der Waals surface area contributed by atoms with Crippen LogP contribution in [0.25, 0.3) is 0 Å². The number of fused-ring (bicyclic) bond motifs is 1. The van der Waals surface area contributed by atoms with Gasteiger partial charge < -0.3 is 30.7 Å². The van der Waals surface area contributed by atoms with E-state index in [0.717, 1.165) is 25.7 Å². The predicted octanol–water partition coefficient (Wildman–Crippen LogP) is -2.67. The van der Waals surface area contributed by atoms with Crippen molar-refractivity contribution in [2.45, 2.75) is 74.8 Å². The number of nitrogen functional groups attached to an aromatic ring is 1. The molecule has 13 heteroatoms. The van der Waals surface area contributed by atoms with Crippen molar-refractivity contribution < 1.29 is 53.9 Å². The summed E-state index contributed by atoms with van der Waals surface area (Å²) in [7, 11) is 0. The summed E-state index contributed by atoms with van der Waals surface area (Å²) >= 11 is 2.49. The average molecular weight is 504 g/mol. The Kier molecular flexibility index (Phi) is 8.04. The van der Waals surface area contributed by atoms with Crippen LogP contribution in [0.4, 0.5) is 5.13 Å². The van der Waals surface area contributed by atoms with Gasteiger partial charge in [-0.2, -0.15) is 0 Å². The van der Waals surface area contributed by atoms with Crippen LogP contribution in [-0.2, 0) is 19.2 Å². The zero-order valence-corrected chi connectivity index (χ0v) is 22.7. The molecule has 2 aliphatic heterocycles. The molecule has 2 amide bonds. The van der Waals surface area contributed by atoms with Gasteiger partial charge in [0, 0.05) is 10.1 Å². The number of hydrogen-bond donors (Lipinski definition) is 2. The molecule has 3 N–H and O–H groups in total. The Morgan fingerprint density at radius 1 is 1.39 bits per heavy atom. The van der Waals surface area contributed by atoms with Crippen LogP contribution in [-0.4, -0.2) is 61.7 Å². The summed E-state index contributed by atoms with van der Waals surface area (Å²) in [5.41, 5.74) is 5.95. The number of aromatic nitrogens is 1. The van der Waals surface area contributed by atoms with Crippen molar-refractivity contribution in [1.82, 2.24) is 15.2 Å². The quantitative estimate of drug-likeness (QED) is 0.185. The second-order valence-electron chi connectivity index (χ2n) is 9.04. The summed E-state index contributed by atoms with van der Waals surface area (Å²) < 4.78 is -0.736. The first-order valence-corrected chi connectivity index (χ1v) is 12.3. The number of amides is 2. The first-order chi connectivity index (χ1) is 15.1. The molecule has 2 saturated heterocycles. The minimum Gasteiger partial charge on any atom is -0.548 e. The molecule has 0 aromatic carbocycles. The number of carboxylic acids is 1. The van der Waals surface area contributed by atoms with Gasteiger partial charge in [-0.25, -0.2) is 4.98 Å². The maximum atomic E-state index is 13.1. The summed E-state index contributed by atoms with van der Waals surface area (Å²) in [4.78, 5) is 48.5. The van der Waals surface area contributed by atoms with Gasteiger partial charge in [-0.05, 0) is 39.0 Å². The van der Waals surface area contributed by atoms with Crippen molar-refractivity contribution >= 4 is 51.7 Å². The third-order valence-electron chi connectivity index (χ3n) is 6.11. The zero-order chi connectivity index (χ0) is 23.2. The van der Waals surface area contributed by atoms with Crippen molar-refractivity contribution in [3.05, 3.63) is 11.1 Å². The Labute approximate surface area is 222 Å². The van der Waals surface area contributed by atoms with E-state index in [9.17, 15) is 19.5 Å². The van der Waals surface area contributed by atoms with Gasteiger partial charge in [0.1, 0.15) is 23.2 Å². The molecule has 5 atom stereocenters. The molecule has 1 aromatic heterocycles. The van der Waals surface area contributed by atoms with E-state index in [2.05, 4.69) is 22.4 Å². The van der Waals surface area contributed by atoms with Crippen LogP contribution < -0.4 is 45.7 Å². The molecule has 10 nitrogen and oxygen atoms in total. The number of carbonyl (C=O) groups is 3. The van der Waals surface area contributed by atoms with Crippen LogP contribution in [0.2, 0.25) is 0 Å². The van der Waals surface area contributed by atoms with E-state index in [0.29, 0.717) is 5.92 Å². The number of carboxylic acid groups (broad SMARTS) is 1. The second kappa shape index (κ2) is 10.1. The maximum absolute atomic E-state index is 13.1. The summed E-state index contributed by atoms with van der Waals surface area (Å²) in [6.45, 7) is 5.64. The first kappa shape index (κ1) is 26.3. The molecule has 33 heavy (non-hydrogen) atoms. The Balaban J connectivity index is 0.00000306. The molecule has 0 radical (unpaired) electrons. The van der Waals surface area contributed by atoms with E-state index in [1.54, 1.807) is 19.2 Å². The number of anilines is 1. The van der Waals surface area contributed by atoms with Gasteiger partial charge in [0.15, 0.2) is 10.8 Å². The van der Waals surface area contributed by atoms with Crippen molar-refractivity contribution in [3.63, 3.8) is 0 Å². The number of oxime groups is 1. The standard InChI is InChI=1S/C20H27N5O5S2.Na/c1-9-5-4-6-10(7-9)30-24-12(11-8-31-19(21)22-11)15(26)23-13-16(27)25-14(18(28)29)20(2,3)32-17(13)25;/h8-10,13-14,17H,4-7H2,1-3H3,(H2,21,22)(H,23,26)(H,28,29);/q;+1/p-1/b24-12-;/t9-,10-,13+,14+,17-;/m1./s1. The van der Waals surface area contributed by atoms with E-state index in [-0.39, 0.29) is 52.2 Å². The molecule has 1 saturated carbocycles. The van der Waals surface area contributed by atoms with Gasteiger partial charge in [0.25, 0.3) is 5.91 Å². The van der Waals surface area contributed by atoms with Crippen LogP contribution in [0.15, 0.2) is 10.5 Å². The predicted molar refractivity (Wildman–Crippen MR) is 119 cm³/mol. The van der Waals surface area contributed by atoms with E-state index in [1.165, 1.54) is 28.0 Å². The van der Waals surface area contributed by atoms with E-state index in [1.807, 2.05) is 0 Å². The summed E-state index contributed by atoms with van der Waals surface area (Å²) in [5, 5.41) is 19.8. The minimum atomic E-state index is -1.31. The van der Waals surface area contributed by atoms with Gasteiger partial charge in [-0.15, -0.1) is 23.1 Å². The third-order valence-corrected chi connectivity index (χ3v) is 8.36. The number of thioether (sulfide) groups is 1. The fourth-order valence-corrected chi connectivity index (χ4v) is 6.71. The van der Waals surface area contributed by atoms with Crippen molar-refractivity contribution in [1.29, 1.82) is 0 Å². The molecule has 3 heterocycles. The minimum absolute atomic E-state index is 0. The molecule has 1 aromatic rings. The molecule has 0 spiro atoms. The normalized spacial score (nSPS) is 30.6. The number of thiazole rings is 1. The maximum Gasteiger partial charge on any atom is 1.00 e. The number of β-lactam (4-membered cyclic amide) rings is 1. The van der Waals surface area contributed by atoms with Gasteiger partial charge in [-0.3, -0.25) is 9.59 Å². The van der Waals surface area contributed by atoms with E-state index >= 15 is 0 Å². The van der Waals surface area contributed by atoms with Gasteiger partial charge >= 0.3 is 29.6 Å². The smallest absolute Gasteiger partial charge is 0.548 e. The van der Waals surface area contributed by atoms with Gasteiger partial charge in [0.05, 0.1) is 12.0 Å². The summed E-state index contributed by atoms with van der Waals surface area (Å²) in [5.74, 6) is -1.87. The number of nitrogens with two attached hydrogens (primary N) is 1. The number of hydrogen-bond acceptors (Lipinski definition) is 10. The van der Waals surface area contributed by atoms with Crippen molar-refractivity contribution in [2.75, 3.05) is 5.73 Å². The van der Waals surface area contributed by atoms with Crippen LogP contribution in [0, 0.1) is 5.92 Å². The average Bonchev–Trinajstić information content (AvgIpc) is 3.25. The number of rotatable bonds is 6. The molecule has 3 fully saturated rings. The van der Waals surface area contributed by atoms with Crippen molar-refractivity contribution in [3.8, 4) is 0 Å². The van der Waals surface area contributed by atoms with Gasteiger partial charge in [0.2, 0.25) is 5.91 Å². The Hall–Kier alpha value is -1.34. The van der Waals surface area contributed by atoms with Crippen molar-refractivity contribution in [2.24, 2.45) is 11.1 Å². The number of carbonyl (C=O) groups excluding carboxylic acids is 3. The molecular formula is C20H26N5NaO5S2. The fraction of sp³-hybridized carbons (Fsp3) is 0.650. The fourth-order valence-electron chi connectivity index (χ4n) is 4.54. The van der Waals surface area contributed by atoms with Crippen LogP contribution in [0.3, 0.4) is 0 Å². The SMILES string of the molecule is C[C@@H]1CCC[C@@H](O/N=C(\C(=O)N[C@H]2C(=O)N3[C@@H]2SC(C)(C)[C@@H]3C(=O)[O-])c2csc(N)n2)C1.[Na+].